The number of allylic oxidation sites excluding steroid dienone is 3. The van der Waals surface area contributed by atoms with Crippen molar-refractivity contribution in [3.8, 4) is 5.75 Å². The SMILES string of the molecule is CCCCCCCCOc1ccc2c(c1)=CC1=C(C(=O)NNC(=O)CCCCC)C(=O)C=CC=21. The summed E-state index contributed by atoms with van der Waals surface area (Å²) in [5.41, 5.74) is 6.27. The molecular formula is C28H36N2O4. The zero-order chi connectivity index (χ0) is 24.3. The number of nitrogens with one attached hydrogen (secondary N) is 2. The minimum absolute atomic E-state index is 0.0390. The number of amides is 2. The van der Waals surface area contributed by atoms with Gasteiger partial charge in [-0.25, -0.2) is 0 Å². The summed E-state index contributed by atoms with van der Waals surface area (Å²) in [4.78, 5) is 37.3. The summed E-state index contributed by atoms with van der Waals surface area (Å²) in [5, 5.41) is 1.87. The van der Waals surface area contributed by atoms with Crippen LogP contribution in [0.2, 0.25) is 0 Å². The van der Waals surface area contributed by atoms with Gasteiger partial charge in [-0.2, -0.15) is 0 Å². The number of unbranched alkanes of at least 4 members (excludes halogenated alkanes) is 7. The van der Waals surface area contributed by atoms with Crippen LogP contribution in [0.25, 0.3) is 11.6 Å². The number of fused-ring (bicyclic) bond motifs is 2. The molecule has 0 bridgehead atoms. The summed E-state index contributed by atoms with van der Waals surface area (Å²) < 4.78 is 5.93. The smallest absolute Gasteiger partial charge is 0.274 e. The van der Waals surface area contributed by atoms with E-state index in [1.54, 1.807) is 6.08 Å². The van der Waals surface area contributed by atoms with E-state index < -0.39 is 5.91 Å². The molecule has 0 saturated carbocycles. The number of carbonyl (C=O) groups is 3. The first-order valence-electron chi connectivity index (χ1n) is 12.6. The lowest BCUT2D eigenvalue weighted by atomic mass is 9.92. The molecule has 0 saturated heterocycles. The third-order valence-corrected chi connectivity index (χ3v) is 6.14. The van der Waals surface area contributed by atoms with Gasteiger partial charge >= 0.3 is 0 Å². The predicted molar refractivity (Wildman–Crippen MR) is 134 cm³/mol. The van der Waals surface area contributed by atoms with Gasteiger partial charge in [-0.1, -0.05) is 64.9 Å². The summed E-state index contributed by atoms with van der Waals surface area (Å²) in [6, 6.07) is 5.85. The van der Waals surface area contributed by atoms with Crippen molar-refractivity contribution >= 4 is 29.2 Å². The van der Waals surface area contributed by atoms with Crippen molar-refractivity contribution in [2.75, 3.05) is 6.61 Å². The number of ether oxygens (including phenoxy) is 1. The molecule has 0 aliphatic heterocycles. The average Bonchev–Trinajstić information content (AvgIpc) is 3.19. The molecule has 2 aliphatic carbocycles. The van der Waals surface area contributed by atoms with E-state index in [1.807, 2.05) is 24.3 Å². The van der Waals surface area contributed by atoms with Gasteiger partial charge in [0.25, 0.3) is 5.91 Å². The highest BCUT2D eigenvalue weighted by molar-refractivity contribution is 6.29. The summed E-state index contributed by atoms with van der Waals surface area (Å²) in [6.45, 7) is 4.95. The molecule has 3 rings (SSSR count). The van der Waals surface area contributed by atoms with Gasteiger partial charge in [0.1, 0.15) is 5.75 Å². The van der Waals surface area contributed by atoms with Crippen molar-refractivity contribution in [2.45, 2.75) is 78.1 Å². The second-order valence-corrected chi connectivity index (χ2v) is 8.87. The number of ketones is 1. The van der Waals surface area contributed by atoms with Crippen LogP contribution in [-0.4, -0.2) is 24.2 Å². The molecule has 0 spiro atoms. The van der Waals surface area contributed by atoms with E-state index in [2.05, 4.69) is 24.7 Å². The minimum Gasteiger partial charge on any atom is -0.494 e. The Morgan fingerprint density at radius 2 is 1.59 bits per heavy atom. The fourth-order valence-electron chi connectivity index (χ4n) is 4.23. The van der Waals surface area contributed by atoms with Gasteiger partial charge in [0.15, 0.2) is 5.78 Å². The van der Waals surface area contributed by atoms with Crippen molar-refractivity contribution < 1.29 is 19.1 Å². The number of carbonyl (C=O) groups excluding carboxylic acids is 3. The molecule has 0 unspecified atom stereocenters. The van der Waals surface area contributed by atoms with Crippen LogP contribution in [0.5, 0.6) is 5.75 Å². The van der Waals surface area contributed by atoms with Crippen molar-refractivity contribution in [2.24, 2.45) is 0 Å². The number of benzene rings is 1. The van der Waals surface area contributed by atoms with Gasteiger partial charge in [-0.15, -0.1) is 0 Å². The first kappa shape index (κ1) is 25.5. The maximum Gasteiger partial charge on any atom is 0.274 e. The largest absolute Gasteiger partial charge is 0.494 e. The lowest BCUT2D eigenvalue weighted by Crippen LogP contribution is -2.43. The lowest BCUT2D eigenvalue weighted by molar-refractivity contribution is -0.128. The fraction of sp³-hybridized carbons (Fsp3) is 0.464. The Hall–Kier alpha value is -3.15. The maximum atomic E-state index is 12.8. The van der Waals surface area contributed by atoms with Crippen molar-refractivity contribution in [3.05, 3.63) is 51.9 Å². The molecule has 34 heavy (non-hydrogen) atoms. The molecule has 1 aromatic rings. The molecular weight excluding hydrogens is 428 g/mol. The molecule has 182 valence electrons. The zero-order valence-corrected chi connectivity index (χ0v) is 20.4. The van der Waals surface area contributed by atoms with Gasteiger partial charge in [-0.3, -0.25) is 25.2 Å². The highest BCUT2D eigenvalue weighted by Gasteiger charge is 2.27. The van der Waals surface area contributed by atoms with Crippen LogP contribution in [0.4, 0.5) is 0 Å². The van der Waals surface area contributed by atoms with Crippen LogP contribution >= 0.6 is 0 Å². The number of hydrazine groups is 1. The van der Waals surface area contributed by atoms with Gasteiger partial charge in [-0.05, 0) is 64.8 Å². The Balaban J connectivity index is 1.67. The minimum atomic E-state index is -0.603. The van der Waals surface area contributed by atoms with Crippen LogP contribution in [0.15, 0.2) is 41.5 Å². The first-order chi connectivity index (χ1) is 16.5. The molecule has 6 heteroatoms. The van der Waals surface area contributed by atoms with Crippen molar-refractivity contribution in [1.29, 1.82) is 0 Å². The molecule has 2 amide bonds. The van der Waals surface area contributed by atoms with E-state index in [-0.39, 0.29) is 17.3 Å². The molecule has 0 aromatic heterocycles. The highest BCUT2D eigenvalue weighted by Crippen LogP contribution is 2.26. The Labute approximate surface area is 201 Å². The van der Waals surface area contributed by atoms with E-state index in [0.29, 0.717) is 18.6 Å². The number of hydrogen-bond acceptors (Lipinski definition) is 4. The lowest BCUT2D eigenvalue weighted by Gasteiger charge is -2.14. The Bertz CT molecular complexity index is 1100. The summed E-state index contributed by atoms with van der Waals surface area (Å²) in [6.07, 6.45) is 15.3. The van der Waals surface area contributed by atoms with E-state index in [0.717, 1.165) is 47.4 Å². The Morgan fingerprint density at radius 3 is 2.38 bits per heavy atom. The van der Waals surface area contributed by atoms with E-state index in [9.17, 15) is 14.4 Å². The van der Waals surface area contributed by atoms with Crippen LogP contribution in [0, 0.1) is 0 Å². The van der Waals surface area contributed by atoms with Crippen LogP contribution in [-0.2, 0) is 14.4 Å². The molecule has 6 nitrogen and oxygen atoms in total. The normalized spacial score (nSPS) is 13.9. The molecule has 1 aromatic carbocycles. The van der Waals surface area contributed by atoms with Gasteiger partial charge in [0.2, 0.25) is 5.91 Å². The number of hydrogen-bond donors (Lipinski definition) is 2. The van der Waals surface area contributed by atoms with Gasteiger partial charge in [0.05, 0.1) is 12.2 Å². The molecule has 0 fully saturated rings. The van der Waals surface area contributed by atoms with Crippen molar-refractivity contribution in [3.63, 3.8) is 0 Å². The topological polar surface area (TPSA) is 84.5 Å². The Kier molecular flexibility index (Phi) is 9.68. The van der Waals surface area contributed by atoms with E-state index in [1.165, 1.54) is 38.2 Å². The van der Waals surface area contributed by atoms with E-state index >= 15 is 0 Å². The van der Waals surface area contributed by atoms with Gasteiger partial charge in [0, 0.05) is 6.42 Å². The molecule has 0 heterocycles. The molecule has 2 N–H and O–H groups in total. The number of rotatable bonds is 13. The maximum absolute atomic E-state index is 12.8. The van der Waals surface area contributed by atoms with Crippen molar-refractivity contribution in [1.82, 2.24) is 10.9 Å². The second kappa shape index (κ2) is 12.9. The van der Waals surface area contributed by atoms with Crippen LogP contribution in [0.1, 0.15) is 78.1 Å². The molecule has 0 radical (unpaired) electrons. The quantitative estimate of drug-likeness (QED) is 0.266. The molecule has 2 aliphatic rings. The van der Waals surface area contributed by atoms with Gasteiger partial charge < -0.3 is 4.74 Å². The summed E-state index contributed by atoms with van der Waals surface area (Å²) in [7, 11) is 0. The van der Waals surface area contributed by atoms with Crippen LogP contribution in [0.3, 0.4) is 0 Å². The third-order valence-electron chi connectivity index (χ3n) is 6.14. The third kappa shape index (κ3) is 6.69. The second-order valence-electron chi connectivity index (χ2n) is 8.87. The monoisotopic (exact) mass is 464 g/mol. The summed E-state index contributed by atoms with van der Waals surface area (Å²) in [5.74, 6) is -0.459. The zero-order valence-electron chi connectivity index (χ0n) is 20.4. The average molecular weight is 465 g/mol. The van der Waals surface area contributed by atoms with Crippen LogP contribution < -0.4 is 26.0 Å². The Morgan fingerprint density at radius 1 is 0.853 bits per heavy atom. The molecule has 0 atom stereocenters. The first-order valence-corrected chi connectivity index (χ1v) is 12.6. The summed E-state index contributed by atoms with van der Waals surface area (Å²) >= 11 is 0. The van der Waals surface area contributed by atoms with E-state index in [4.69, 9.17) is 4.74 Å². The standard InChI is InChI=1S/C28H36N2O4/c1-3-5-7-8-9-11-17-34-21-13-14-22-20(18-21)19-24-23(22)15-16-25(31)27(24)28(33)30-29-26(32)12-10-6-4-2/h13-16,18-19H,3-12,17H2,1-2H3,(H,29,32)(H,30,33). The fourth-order valence-corrected chi connectivity index (χ4v) is 4.23. The highest BCUT2D eigenvalue weighted by atomic mass is 16.5. The predicted octanol–water partition coefficient (Wildman–Crippen LogP) is 3.53.